The molecule has 4 nitrogen and oxygen atoms in total. The second-order valence-electron chi connectivity index (χ2n) is 6.51. The zero-order valence-corrected chi connectivity index (χ0v) is 12.9. The van der Waals surface area contributed by atoms with Crippen LogP contribution in [0.5, 0.6) is 0 Å². The first-order valence-electron chi connectivity index (χ1n) is 6.71. The standard InChI is InChI=1S/C16H21NO3/c1-9-7-8-10(2)12-11(9)13(18)17(14(12)19)15(3,4)16(5,6)20/h7-8,20H,1-6H3. The van der Waals surface area contributed by atoms with Gasteiger partial charge >= 0.3 is 0 Å². The van der Waals surface area contributed by atoms with Crippen LogP contribution in [0.15, 0.2) is 12.1 Å². The third-order valence-corrected chi connectivity index (χ3v) is 4.51. The van der Waals surface area contributed by atoms with Crippen LogP contribution in [-0.4, -0.2) is 33.0 Å². The maximum Gasteiger partial charge on any atom is 0.262 e. The monoisotopic (exact) mass is 275 g/mol. The number of rotatable bonds is 2. The van der Waals surface area contributed by atoms with Crippen LogP contribution in [0.2, 0.25) is 0 Å². The third kappa shape index (κ3) is 1.79. The Balaban J connectivity index is 2.65. The molecule has 108 valence electrons. The van der Waals surface area contributed by atoms with Gasteiger partial charge in [0.25, 0.3) is 11.8 Å². The molecule has 0 unspecified atom stereocenters. The van der Waals surface area contributed by atoms with Crippen LogP contribution in [0, 0.1) is 13.8 Å². The lowest BCUT2D eigenvalue weighted by molar-refractivity contribution is -0.0486. The lowest BCUT2D eigenvalue weighted by Gasteiger charge is -2.43. The maximum absolute atomic E-state index is 12.7. The largest absolute Gasteiger partial charge is 0.388 e. The molecule has 2 amide bonds. The molecule has 1 aliphatic heterocycles. The molecule has 0 aliphatic carbocycles. The van der Waals surface area contributed by atoms with Gasteiger partial charge in [0, 0.05) is 0 Å². The van der Waals surface area contributed by atoms with Gasteiger partial charge in [-0.2, -0.15) is 0 Å². The summed E-state index contributed by atoms with van der Waals surface area (Å²) in [5.74, 6) is -0.642. The highest BCUT2D eigenvalue weighted by Gasteiger charge is 2.51. The highest BCUT2D eigenvalue weighted by Crippen LogP contribution is 2.37. The Morgan fingerprint density at radius 3 is 1.55 bits per heavy atom. The molecule has 4 heteroatoms. The normalized spacial score (nSPS) is 15.8. The molecule has 1 N–H and O–H groups in total. The fraction of sp³-hybridized carbons (Fsp3) is 0.500. The second-order valence-corrected chi connectivity index (χ2v) is 6.51. The highest BCUT2D eigenvalue weighted by molar-refractivity contribution is 6.23. The van der Waals surface area contributed by atoms with Crippen molar-refractivity contribution in [3.63, 3.8) is 0 Å². The number of carbonyl (C=O) groups is 2. The molecule has 0 fully saturated rings. The van der Waals surface area contributed by atoms with Gasteiger partial charge in [-0.05, 0) is 52.7 Å². The molecule has 0 atom stereocenters. The molecule has 0 spiro atoms. The number of amides is 2. The Morgan fingerprint density at radius 1 is 0.900 bits per heavy atom. The highest BCUT2D eigenvalue weighted by atomic mass is 16.3. The molecular formula is C16H21NO3. The first kappa shape index (κ1) is 14.7. The van der Waals surface area contributed by atoms with Gasteiger partial charge < -0.3 is 5.11 Å². The van der Waals surface area contributed by atoms with Gasteiger partial charge in [-0.3, -0.25) is 14.5 Å². The third-order valence-electron chi connectivity index (χ3n) is 4.51. The van der Waals surface area contributed by atoms with Crippen molar-refractivity contribution >= 4 is 11.8 Å². The lowest BCUT2D eigenvalue weighted by atomic mass is 9.84. The van der Waals surface area contributed by atoms with E-state index in [-0.39, 0.29) is 11.8 Å². The Hall–Kier alpha value is -1.68. The van der Waals surface area contributed by atoms with Crippen LogP contribution in [0.25, 0.3) is 0 Å². The average molecular weight is 275 g/mol. The predicted octanol–water partition coefficient (Wildman–Crippen LogP) is 2.45. The molecule has 1 heterocycles. The van der Waals surface area contributed by atoms with E-state index in [1.165, 1.54) is 4.90 Å². The molecule has 0 saturated carbocycles. The number of carbonyl (C=O) groups excluding carboxylic acids is 2. The summed E-state index contributed by atoms with van der Waals surface area (Å²) in [4.78, 5) is 26.5. The molecule has 0 saturated heterocycles. The number of nitrogens with zero attached hydrogens (tertiary/aromatic N) is 1. The number of aryl methyl sites for hydroxylation is 2. The number of imide groups is 1. The van der Waals surface area contributed by atoms with E-state index in [1.54, 1.807) is 27.7 Å². The van der Waals surface area contributed by atoms with Crippen LogP contribution in [0.1, 0.15) is 59.5 Å². The Morgan fingerprint density at radius 2 is 1.25 bits per heavy atom. The number of aliphatic hydroxyl groups is 1. The Bertz CT molecular complexity index is 568. The summed E-state index contributed by atoms with van der Waals surface area (Å²) >= 11 is 0. The van der Waals surface area contributed by atoms with Crippen molar-refractivity contribution < 1.29 is 14.7 Å². The Kier molecular flexibility index (Phi) is 3.06. The zero-order chi connectivity index (χ0) is 15.5. The molecule has 0 radical (unpaired) electrons. The minimum atomic E-state index is -1.19. The number of hydrogen-bond acceptors (Lipinski definition) is 3. The fourth-order valence-electron chi connectivity index (χ4n) is 2.46. The Labute approximate surface area is 119 Å². The molecule has 0 aromatic heterocycles. The predicted molar refractivity (Wildman–Crippen MR) is 76.8 cm³/mol. The van der Waals surface area contributed by atoms with E-state index in [4.69, 9.17) is 0 Å². The van der Waals surface area contributed by atoms with Gasteiger partial charge in [0.1, 0.15) is 0 Å². The van der Waals surface area contributed by atoms with Gasteiger partial charge in [-0.15, -0.1) is 0 Å². The number of fused-ring (bicyclic) bond motifs is 1. The van der Waals surface area contributed by atoms with Gasteiger partial charge in [0.05, 0.1) is 22.3 Å². The summed E-state index contributed by atoms with van der Waals surface area (Å²) in [7, 11) is 0. The topological polar surface area (TPSA) is 57.6 Å². The van der Waals surface area contributed by atoms with Gasteiger partial charge in [-0.1, -0.05) is 12.1 Å². The summed E-state index contributed by atoms with van der Waals surface area (Å²) in [6, 6.07) is 3.69. The van der Waals surface area contributed by atoms with E-state index in [2.05, 4.69) is 0 Å². The van der Waals surface area contributed by atoms with Gasteiger partial charge in [-0.25, -0.2) is 0 Å². The van der Waals surface area contributed by atoms with Crippen molar-refractivity contribution in [2.75, 3.05) is 0 Å². The van der Waals surface area contributed by atoms with Gasteiger partial charge in [0.15, 0.2) is 0 Å². The van der Waals surface area contributed by atoms with Crippen molar-refractivity contribution in [1.29, 1.82) is 0 Å². The number of benzene rings is 1. The molecule has 1 aliphatic rings. The van der Waals surface area contributed by atoms with Crippen molar-refractivity contribution in [3.8, 4) is 0 Å². The first-order chi connectivity index (χ1) is 9.00. The van der Waals surface area contributed by atoms with E-state index in [0.29, 0.717) is 11.1 Å². The van der Waals surface area contributed by atoms with Crippen LogP contribution in [-0.2, 0) is 0 Å². The summed E-state index contributed by atoms with van der Waals surface area (Å²) in [5, 5.41) is 10.3. The minimum absolute atomic E-state index is 0.321. The van der Waals surface area contributed by atoms with E-state index in [1.807, 2.05) is 26.0 Å². The average Bonchev–Trinajstić information content (AvgIpc) is 2.56. The van der Waals surface area contributed by atoms with E-state index < -0.39 is 11.1 Å². The molecule has 0 bridgehead atoms. The minimum Gasteiger partial charge on any atom is -0.388 e. The van der Waals surface area contributed by atoms with Crippen molar-refractivity contribution in [3.05, 3.63) is 34.4 Å². The summed E-state index contributed by atoms with van der Waals surface area (Å²) in [6.45, 7) is 10.3. The molecule has 2 rings (SSSR count). The van der Waals surface area contributed by atoms with E-state index >= 15 is 0 Å². The van der Waals surface area contributed by atoms with Crippen LogP contribution in [0.4, 0.5) is 0 Å². The van der Waals surface area contributed by atoms with Crippen molar-refractivity contribution in [1.82, 2.24) is 4.90 Å². The SMILES string of the molecule is Cc1ccc(C)c2c1C(=O)N(C(C)(C)C(C)(C)O)C2=O. The summed E-state index contributed by atoms with van der Waals surface area (Å²) < 4.78 is 0. The van der Waals surface area contributed by atoms with Crippen LogP contribution in [0.3, 0.4) is 0 Å². The first-order valence-corrected chi connectivity index (χ1v) is 6.71. The summed E-state index contributed by atoms with van der Waals surface area (Å²) in [6.07, 6.45) is 0. The zero-order valence-electron chi connectivity index (χ0n) is 12.9. The molecule has 1 aromatic carbocycles. The number of hydrogen-bond donors (Lipinski definition) is 1. The quantitative estimate of drug-likeness (QED) is 0.843. The smallest absolute Gasteiger partial charge is 0.262 e. The molecule has 20 heavy (non-hydrogen) atoms. The van der Waals surface area contributed by atoms with Crippen LogP contribution >= 0.6 is 0 Å². The fourth-order valence-corrected chi connectivity index (χ4v) is 2.46. The molecular weight excluding hydrogens is 254 g/mol. The molecule has 1 aromatic rings. The lowest BCUT2D eigenvalue weighted by Crippen LogP contribution is -2.59. The van der Waals surface area contributed by atoms with Crippen LogP contribution < -0.4 is 0 Å². The van der Waals surface area contributed by atoms with Crippen molar-refractivity contribution in [2.24, 2.45) is 0 Å². The van der Waals surface area contributed by atoms with Crippen molar-refractivity contribution in [2.45, 2.75) is 52.7 Å². The van der Waals surface area contributed by atoms with E-state index in [9.17, 15) is 14.7 Å². The summed E-state index contributed by atoms with van der Waals surface area (Å²) in [5.41, 5.74) is 0.331. The van der Waals surface area contributed by atoms with E-state index in [0.717, 1.165) is 11.1 Å². The maximum atomic E-state index is 12.7. The second kappa shape index (κ2) is 4.16. The van der Waals surface area contributed by atoms with Gasteiger partial charge in [0.2, 0.25) is 0 Å².